The van der Waals surface area contributed by atoms with Crippen LogP contribution in [0, 0.1) is 5.92 Å². The van der Waals surface area contributed by atoms with Crippen LogP contribution in [-0.2, 0) is 9.59 Å². The van der Waals surface area contributed by atoms with E-state index in [-0.39, 0.29) is 18.7 Å². The third-order valence-corrected chi connectivity index (χ3v) is 5.08. The molecule has 1 aromatic rings. The first-order valence-electron chi connectivity index (χ1n) is 8.31. The average molecular weight is 342 g/mol. The number of carbonyl (C=O) groups is 4. The van der Waals surface area contributed by atoms with Gasteiger partial charge >= 0.3 is 0 Å². The van der Waals surface area contributed by atoms with E-state index in [9.17, 15) is 19.2 Å². The standard InChI is InChI=1S/C17H18N4O4/c18-6-9-7-20(8-9)11-3-1-2-10-14(11)17(25)21(16(10)24)12-4-5-13(22)19-15(12)23/h1-3,9,12H,4-8,18H2,(H,19,22,23). The summed E-state index contributed by atoms with van der Waals surface area (Å²) in [5.41, 5.74) is 7.01. The lowest BCUT2D eigenvalue weighted by Crippen LogP contribution is -2.54. The Morgan fingerprint density at radius 2 is 1.88 bits per heavy atom. The molecule has 2 saturated heterocycles. The highest BCUT2D eigenvalue weighted by molar-refractivity contribution is 6.25. The van der Waals surface area contributed by atoms with Gasteiger partial charge in [-0.25, -0.2) is 0 Å². The predicted molar refractivity (Wildman–Crippen MR) is 87.9 cm³/mol. The maximum absolute atomic E-state index is 12.9. The Labute approximate surface area is 143 Å². The Hall–Kier alpha value is -2.74. The second-order valence-corrected chi connectivity index (χ2v) is 6.65. The molecule has 130 valence electrons. The van der Waals surface area contributed by atoms with Gasteiger partial charge in [0.05, 0.1) is 16.8 Å². The van der Waals surface area contributed by atoms with Crippen molar-refractivity contribution < 1.29 is 19.2 Å². The van der Waals surface area contributed by atoms with Gasteiger partial charge in [-0.15, -0.1) is 0 Å². The number of rotatable bonds is 3. The lowest BCUT2D eigenvalue weighted by atomic mass is 9.97. The molecule has 4 rings (SSSR count). The number of benzene rings is 1. The molecule has 0 aromatic heterocycles. The summed E-state index contributed by atoms with van der Waals surface area (Å²) in [6.07, 6.45) is 0.269. The van der Waals surface area contributed by atoms with Gasteiger partial charge in [0.15, 0.2) is 0 Å². The fourth-order valence-electron chi connectivity index (χ4n) is 3.68. The van der Waals surface area contributed by atoms with Crippen molar-refractivity contribution in [3.63, 3.8) is 0 Å². The third-order valence-electron chi connectivity index (χ3n) is 5.08. The molecule has 0 bridgehead atoms. The summed E-state index contributed by atoms with van der Waals surface area (Å²) in [6, 6.07) is 4.21. The van der Waals surface area contributed by atoms with Gasteiger partial charge in [0, 0.05) is 25.4 Å². The molecule has 3 aliphatic rings. The number of hydrogen-bond donors (Lipinski definition) is 2. The quantitative estimate of drug-likeness (QED) is 0.715. The number of imide groups is 2. The zero-order chi connectivity index (χ0) is 17.7. The summed E-state index contributed by atoms with van der Waals surface area (Å²) < 4.78 is 0. The van der Waals surface area contributed by atoms with Gasteiger partial charge in [-0.1, -0.05) is 6.07 Å². The summed E-state index contributed by atoms with van der Waals surface area (Å²) in [4.78, 5) is 52.1. The molecule has 1 atom stereocenters. The molecular weight excluding hydrogens is 324 g/mol. The normalized spacial score (nSPS) is 23.6. The summed E-state index contributed by atoms with van der Waals surface area (Å²) in [5, 5.41) is 2.20. The zero-order valence-corrected chi connectivity index (χ0v) is 13.5. The van der Waals surface area contributed by atoms with Crippen LogP contribution in [0.25, 0.3) is 0 Å². The van der Waals surface area contributed by atoms with E-state index in [2.05, 4.69) is 5.32 Å². The highest BCUT2D eigenvalue weighted by Gasteiger charge is 2.46. The fraction of sp³-hybridized carbons (Fsp3) is 0.412. The Balaban J connectivity index is 1.66. The van der Waals surface area contributed by atoms with Crippen LogP contribution in [0.1, 0.15) is 33.6 Å². The Kier molecular flexibility index (Phi) is 3.57. The smallest absolute Gasteiger partial charge is 0.264 e. The minimum Gasteiger partial charge on any atom is -0.370 e. The van der Waals surface area contributed by atoms with Gasteiger partial charge in [-0.3, -0.25) is 29.4 Å². The molecule has 0 spiro atoms. The number of nitrogens with one attached hydrogen (secondary N) is 1. The van der Waals surface area contributed by atoms with E-state index in [1.165, 1.54) is 0 Å². The van der Waals surface area contributed by atoms with Crippen molar-refractivity contribution in [3.8, 4) is 0 Å². The summed E-state index contributed by atoms with van der Waals surface area (Å²) in [7, 11) is 0. The van der Waals surface area contributed by atoms with E-state index in [0.29, 0.717) is 29.3 Å². The zero-order valence-electron chi connectivity index (χ0n) is 13.5. The second-order valence-electron chi connectivity index (χ2n) is 6.65. The molecule has 1 aromatic carbocycles. The first-order valence-corrected chi connectivity index (χ1v) is 8.31. The lowest BCUT2D eigenvalue weighted by molar-refractivity contribution is -0.136. The van der Waals surface area contributed by atoms with Gasteiger partial charge in [-0.2, -0.15) is 0 Å². The Morgan fingerprint density at radius 1 is 1.12 bits per heavy atom. The number of nitrogens with two attached hydrogens (primary N) is 1. The van der Waals surface area contributed by atoms with E-state index in [1.54, 1.807) is 12.1 Å². The van der Waals surface area contributed by atoms with Crippen molar-refractivity contribution in [2.75, 3.05) is 24.5 Å². The van der Waals surface area contributed by atoms with Gasteiger partial charge in [-0.05, 0) is 25.1 Å². The summed E-state index contributed by atoms with van der Waals surface area (Å²) in [5.74, 6) is -1.55. The Morgan fingerprint density at radius 3 is 2.56 bits per heavy atom. The third kappa shape index (κ3) is 2.32. The summed E-state index contributed by atoms with van der Waals surface area (Å²) >= 11 is 0. The van der Waals surface area contributed by atoms with Gasteiger partial charge < -0.3 is 10.6 Å². The molecule has 3 heterocycles. The SMILES string of the molecule is NCC1CN(c2cccc3c2C(=O)N(C2CCC(=O)NC2=O)C3=O)C1. The van der Waals surface area contributed by atoms with Crippen molar-refractivity contribution in [1.29, 1.82) is 0 Å². The van der Waals surface area contributed by atoms with Gasteiger partial charge in [0.25, 0.3) is 11.8 Å². The van der Waals surface area contributed by atoms with Crippen LogP contribution in [0.5, 0.6) is 0 Å². The highest BCUT2D eigenvalue weighted by Crippen LogP contribution is 2.36. The number of amides is 4. The van der Waals surface area contributed by atoms with Crippen molar-refractivity contribution in [1.82, 2.24) is 10.2 Å². The van der Waals surface area contributed by atoms with Crippen LogP contribution in [-0.4, -0.2) is 54.2 Å². The van der Waals surface area contributed by atoms with Crippen molar-refractivity contribution in [2.24, 2.45) is 11.7 Å². The molecule has 0 saturated carbocycles. The maximum Gasteiger partial charge on any atom is 0.264 e. The fourth-order valence-corrected chi connectivity index (χ4v) is 3.68. The molecule has 2 fully saturated rings. The van der Waals surface area contributed by atoms with Crippen LogP contribution in [0.2, 0.25) is 0 Å². The van der Waals surface area contributed by atoms with Crippen LogP contribution in [0.4, 0.5) is 5.69 Å². The van der Waals surface area contributed by atoms with Crippen LogP contribution < -0.4 is 16.0 Å². The van der Waals surface area contributed by atoms with E-state index < -0.39 is 23.8 Å². The summed E-state index contributed by atoms with van der Waals surface area (Å²) in [6.45, 7) is 2.07. The number of carbonyl (C=O) groups excluding carboxylic acids is 4. The molecule has 8 heteroatoms. The molecule has 4 amide bonds. The van der Waals surface area contributed by atoms with E-state index >= 15 is 0 Å². The monoisotopic (exact) mass is 342 g/mol. The number of hydrogen-bond acceptors (Lipinski definition) is 6. The first-order chi connectivity index (χ1) is 12.0. The minimum atomic E-state index is -0.939. The van der Waals surface area contributed by atoms with E-state index in [0.717, 1.165) is 18.0 Å². The molecule has 0 aliphatic carbocycles. The average Bonchev–Trinajstić information content (AvgIpc) is 2.79. The van der Waals surface area contributed by atoms with E-state index in [1.807, 2.05) is 11.0 Å². The number of nitrogens with zero attached hydrogens (tertiary/aromatic N) is 2. The largest absolute Gasteiger partial charge is 0.370 e. The molecular formula is C17H18N4O4. The van der Waals surface area contributed by atoms with Gasteiger partial charge in [0.2, 0.25) is 11.8 Å². The highest BCUT2D eigenvalue weighted by atomic mass is 16.2. The molecule has 3 N–H and O–H groups in total. The predicted octanol–water partition coefficient (Wildman–Crippen LogP) is -0.517. The second kappa shape index (κ2) is 5.66. The minimum absolute atomic E-state index is 0.112. The van der Waals surface area contributed by atoms with E-state index in [4.69, 9.17) is 5.73 Å². The molecule has 25 heavy (non-hydrogen) atoms. The molecule has 8 nitrogen and oxygen atoms in total. The molecule has 3 aliphatic heterocycles. The topological polar surface area (TPSA) is 113 Å². The van der Waals surface area contributed by atoms with Crippen LogP contribution in [0.3, 0.4) is 0 Å². The van der Waals surface area contributed by atoms with Crippen molar-refractivity contribution in [2.45, 2.75) is 18.9 Å². The number of fused-ring (bicyclic) bond motifs is 1. The molecule has 1 unspecified atom stereocenters. The Bertz CT molecular complexity index is 800. The van der Waals surface area contributed by atoms with Crippen LogP contribution >= 0.6 is 0 Å². The van der Waals surface area contributed by atoms with Crippen molar-refractivity contribution in [3.05, 3.63) is 29.3 Å². The van der Waals surface area contributed by atoms with Crippen molar-refractivity contribution >= 4 is 29.3 Å². The van der Waals surface area contributed by atoms with Crippen LogP contribution in [0.15, 0.2) is 18.2 Å². The maximum atomic E-state index is 12.9. The lowest BCUT2D eigenvalue weighted by Gasteiger charge is -2.41. The van der Waals surface area contributed by atoms with Gasteiger partial charge in [0.1, 0.15) is 6.04 Å². The first kappa shape index (κ1) is 15.8. The number of piperidine rings is 1. The molecule has 0 radical (unpaired) electrons. The number of anilines is 1.